The van der Waals surface area contributed by atoms with Crippen LogP contribution in [0.3, 0.4) is 0 Å². The molecule has 0 aliphatic carbocycles. The summed E-state index contributed by atoms with van der Waals surface area (Å²) in [6, 6.07) is 69.2. The second-order valence-corrected chi connectivity index (χ2v) is 29.1. The summed E-state index contributed by atoms with van der Waals surface area (Å²) in [6.45, 7) is 61.2. The topological polar surface area (TPSA) is 165 Å². The van der Waals surface area contributed by atoms with Crippen LogP contribution in [0.25, 0.3) is 200 Å². The fourth-order valence-corrected chi connectivity index (χ4v) is 15.8. The zero-order valence-electron chi connectivity index (χ0n) is 67.3. The lowest BCUT2D eigenvalue weighted by molar-refractivity contribution is -0.660. The van der Waals surface area contributed by atoms with Crippen LogP contribution in [0.5, 0.6) is 0 Å². The molecule has 0 radical (unpaired) electrons. The van der Waals surface area contributed by atoms with Crippen LogP contribution in [0.1, 0.15) is 33.4 Å². The van der Waals surface area contributed by atoms with Crippen molar-refractivity contribution in [2.24, 2.45) is 35.2 Å². The minimum Gasteiger partial charge on any atom is -0.469 e. The Morgan fingerprint density at radius 3 is 1.27 bits per heavy atom. The Bertz CT molecular complexity index is 8020. The van der Waals surface area contributed by atoms with E-state index < -0.39 is 0 Å². The Morgan fingerprint density at radius 1 is 0.322 bits per heavy atom. The molecular formula is C101H70N15O5+5. The molecule has 0 aliphatic heterocycles. The number of hydrogen-bond acceptors (Lipinski definition) is 8. The summed E-state index contributed by atoms with van der Waals surface area (Å²) >= 11 is 0. The van der Waals surface area contributed by atoms with Crippen LogP contribution in [0.4, 0.5) is 39.9 Å². The molecule has 0 atom stereocenters. The fourth-order valence-electron chi connectivity index (χ4n) is 15.8. The highest BCUT2D eigenvalue weighted by Gasteiger charge is 2.28. The van der Waals surface area contributed by atoms with Crippen LogP contribution >= 0.6 is 0 Å². The molecule has 20 heteroatoms. The number of pyridine rings is 7. The number of nitriles is 1. The molecular weight excluding hydrogens is 1500 g/mol. The van der Waals surface area contributed by atoms with Gasteiger partial charge in [-0.25, -0.2) is 56.9 Å². The number of rotatable bonds is 5. The van der Waals surface area contributed by atoms with Crippen LogP contribution in [0.2, 0.25) is 0 Å². The van der Waals surface area contributed by atoms with E-state index in [1.54, 1.807) is 30.5 Å². The quantitative estimate of drug-likeness (QED) is 0.121. The molecule has 574 valence electrons. The summed E-state index contributed by atoms with van der Waals surface area (Å²) in [5, 5.41) is 18.8. The van der Waals surface area contributed by atoms with Crippen LogP contribution < -0.4 is 22.8 Å². The van der Waals surface area contributed by atoms with Gasteiger partial charge in [-0.1, -0.05) is 84.4 Å². The minimum atomic E-state index is 0.282. The van der Waals surface area contributed by atoms with Gasteiger partial charge in [-0.05, 0) is 135 Å². The molecule has 0 bridgehead atoms. The van der Waals surface area contributed by atoms with Crippen LogP contribution in [0, 0.1) is 92.0 Å². The van der Waals surface area contributed by atoms with Crippen molar-refractivity contribution in [2.45, 2.75) is 34.6 Å². The third kappa shape index (κ3) is 13.9. The summed E-state index contributed by atoms with van der Waals surface area (Å²) < 4.78 is 40.4. The van der Waals surface area contributed by atoms with Crippen molar-refractivity contribution >= 4 is 150 Å². The van der Waals surface area contributed by atoms with Gasteiger partial charge in [0.15, 0.2) is 53.5 Å². The third-order valence-electron chi connectivity index (χ3n) is 21.8. The smallest absolute Gasteiger partial charge is 0.322 e. The normalized spacial score (nSPS) is 10.8. The van der Waals surface area contributed by atoms with Gasteiger partial charge in [0.25, 0.3) is 5.82 Å². The predicted octanol–water partition coefficient (Wildman–Crippen LogP) is 24.4. The molecule has 20 nitrogen and oxygen atoms in total. The third-order valence-corrected chi connectivity index (χ3v) is 21.8. The standard InChI is InChI=1S/3C21H14N3O.2C19H14N3O/c1-13-8-11-17-19(18(13)16-7-5-6-12-24(16)4)14-9-10-15(22-2)20(23-3)21(14)25-17;1-13-11-16-14-8-9-17(22-2)20(23-3)21(14)25-19(16)12-15(13)18-7-5-6-10-24(18)4;1-13-10-20-16(11-15(13)19-6-4-5-9-24(19)3)14-7-8-18(23-2)17(12-22)21(14)25-20;1-12-7-8-13-14-9-10-16(20-2)21-19(14)23-18(13)17(12)15-6-4-5-11-22(15)3;1-12-7-8-14-15-10-13(20-2)11-21-19(15)23-18(14)17(12)16-6-4-5-9-22(16)3/h2*5-12H,1,4H3;4-11H,1,3H3;2*4-11H,1,3H3/q5*+1. The summed E-state index contributed by atoms with van der Waals surface area (Å²) in [5.74, 6) is 0.347. The molecule has 0 saturated carbocycles. The molecule has 0 amide bonds. The van der Waals surface area contributed by atoms with Gasteiger partial charge in [-0.3, -0.25) is 0 Å². The number of aromatic nitrogens is 7. The van der Waals surface area contributed by atoms with Gasteiger partial charge >= 0.3 is 5.71 Å². The largest absolute Gasteiger partial charge is 0.469 e. The monoisotopic (exact) mass is 1570 g/mol. The Hall–Kier alpha value is -17.3. The van der Waals surface area contributed by atoms with Gasteiger partial charge in [-0.2, -0.15) is 5.26 Å². The molecule has 0 aliphatic rings. The number of furan rings is 5. The molecule has 0 spiro atoms. The van der Waals surface area contributed by atoms with Crippen LogP contribution in [0.15, 0.2) is 266 Å². The molecule has 0 saturated heterocycles. The fraction of sp³-hybridized carbons (Fsp3) is 0.0990. The second-order valence-electron chi connectivity index (χ2n) is 29.1. The number of hydrogen-bond donors (Lipinski definition) is 0. The number of aryl methyl sites for hydroxylation is 10. The van der Waals surface area contributed by atoms with Crippen LogP contribution in [-0.2, 0) is 35.2 Å². The molecule has 0 fully saturated rings. The maximum atomic E-state index is 9.44. The van der Waals surface area contributed by atoms with Crippen molar-refractivity contribution in [1.29, 1.82) is 5.26 Å². The summed E-state index contributed by atoms with van der Waals surface area (Å²) in [6.07, 6.45) is 11.6. The van der Waals surface area contributed by atoms with E-state index in [0.717, 1.165) is 166 Å². The average Bonchev–Trinajstić information content (AvgIpc) is 1.55. The lowest BCUT2D eigenvalue weighted by Gasteiger charge is -2.06. The first-order valence-corrected chi connectivity index (χ1v) is 38.2. The van der Waals surface area contributed by atoms with Gasteiger partial charge < -0.3 is 26.9 Å². The molecule has 12 aromatic heterocycles. The number of benzene rings is 8. The first kappa shape index (κ1) is 77.7. The van der Waals surface area contributed by atoms with Crippen molar-refractivity contribution < 1.29 is 44.9 Å². The summed E-state index contributed by atoms with van der Waals surface area (Å²) in [5.41, 5.74) is 25.2. The summed E-state index contributed by atoms with van der Waals surface area (Å²) in [7, 11) is 10.1. The van der Waals surface area contributed by atoms with E-state index in [-0.39, 0.29) is 11.4 Å². The SMILES string of the molecule is [C-]#[N+]c1ccc2c(n1)oc1c(-c3cccc[n+]3C)c(C)ccc12.[C-]#[N+]c1ccc2c(oc3cc(-c4cccc[n+]4C)c(C)cc32)c1[N+]#[C-].[C-]#[N+]c1ccc2c(oc3cc(C)c(-c4cccc[n+]4C)cc32)c1C#N.[C-]#[N+]c1ccc2c(oc3ccc(C)c(-c4cccc[n+]4C)c32)c1[N+]#[C-].[C-]#[N+]c1cnc2oc3c(-c4cccc[n+]4C)c(C)ccc3c2c1. The van der Waals surface area contributed by atoms with Gasteiger partial charge in [0.05, 0.1) is 73.1 Å². The molecule has 0 N–H and O–H groups in total. The van der Waals surface area contributed by atoms with E-state index in [1.165, 1.54) is 0 Å². The highest BCUT2D eigenvalue weighted by atomic mass is 16.4. The first-order chi connectivity index (χ1) is 58.8. The molecule has 121 heavy (non-hydrogen) atoms. The molecule has 20 rings (SSSR count). The molecule has 12 heterocycles. The van der Waals surface area contributed by atoms with Crippen molar-refractivity contribution in [3.63, 3.8) is 0 Å². The van der Waals surface area contributed by atoms with Gasteiger partial charge in [-0.15, -0.1) is 0 Å². The lowest BCUT2D eigenvalue weighted by Crippen LogP contribution is -2.30. The zero-order valence-corrected chi connectivity index (χ0v) is 67.3. The molecule has 8 aromatic carbocycles. The van der Waals surface area contributed by atoms with E-state index in [9.17, 15) is 5.26 Å². The van der Waals surface area contributed by atoms with Crippen molar-refractivity contribution in [2.75, 3.05) is 0 Å². The molecule has 0 unspecified atom stereocenters. The maximum Gasteiger partial charge on any atom is 0.322 e. The maximum absolute atomic E-state index is 9.44. The van der Waals surface area contributed by atoms with E-state index in [1.807, 2.05) is 194 Å². The van der Waals surface area contributed by atoms with Crippen molar-refractivity contribution in [3.05, 3.63) is 357 Å². The van der Waals surface area contributed by atoms with Crippen LogP contribution in [-0.4, -0.2) is 9.97 Å². The highest BCUT2D eigenvalue weighted by Crippen LogP contribution is 2.47. The Labute approximate surface area is 695 Å². The van der Waals surface area contributed by atoms with E-state index in [4.69, 9.17) is 68.1 Å². The minimum absolute atomic E-state index is 0.282. The van der Waals surface area contributed by atoms with Gasteiger partial charge in [0.2, 0.25) is 56.9 Å². The Balaban J connectivity index is 0.000000112. The van der Waals surface area contributed by atoms with Crippen molar-refractivity contribution in [1.82, 2.24) is 9.97 Å². The summed E-state index contributed by atoms with van der Waals surface area (Å²) in [4.78, 5) is 32.8. The predicted molar refractivity (Wildman–Crippen MR) is 469 cm³/mol. The highest BCUT2D eigenvalue weighted by molar-refractivity contribution is 6.18. The van der Waals surface area contributed by atoms with E-state index >= 15 is 0 Å². The zero-order chi connectivity index (χ0) is 84.6. The Morgan fingerprint density at radius 2 is 0.744 bits per heavy atom. The average molecular weight is 1570 g/mol. The van der Waals surface area contributed by atoms with Gasteiger partial charge in [0.1, 0.15) is 74.3 Å². The second kappa shape index (κ2) is 32.2. The number of fused-ring (bicyclic) bond motifs is 15. The lowest BCUT2D eigenvalue weighted by atomic mass is 9.97. The molecule has 20 aromatic rings. The van der Waals surface area contributed by atoms with Crippen molar-refractivity contribution in [3.8, 4) is 62.4 Å². The van der Waals surface area contributed by atoms with E-state index in [2.05, 4.69) is 161 Å². The first-order valence-electron chi connectivity index (χ1n) is 38.2. The van der Waals surface area contributed by atoms with E-state index in [0.29, 0.717) is 62.3 Å². The Kier molecular flexibility index (Phi) is 20.7. The number of nitrogens with zero attached hydrogens (tertiary/aromatic N) is 15. The van der Waals surface area contributed by atoms with Gasteiger partial charge in [0, 0.05) is 121 Å².